The number of carbonyl (C=O) groups is 1. The molecule has 0 aliphatic carbocycles. The Hall–Kier alpha value is -1.82. The van der Waals surface area contributed by atoms with E-state index in [2.05, 4.69) is 0 Å². The molecule has 0 aliphatic rings. The molecule has 0 saturated heterocycles. The zero-order valence-electron chi connectivity index (χ0n) is 8.43. The minimum absolute atomic E-state index is 0.121. The lowest BCUT2D eigenvalue weighted by Crippen LogP contribution is -2.10. The number of hydrogen-bond donors (Lipinski definition) is 1. The van der Waals surface area contributed by atoms with Gasteiger partial charge in [0.1, 0.15) is 5.58 Å². The van der Waals surface area contributed by atoms with Gasteiger partial charge in [-0.05, 0) is 18.2 Å². The molecule has 5 nitrogen and oxygen atoms in total. The van der Waals surface area contributed by atoms with E-state index in [0.29, 0.717) is 16.5 Å². The second-order valence-corrected chi connectivity index (χ2v) is 5.40. The number of nitrogens with two attached hydrogens (primary N) is 1. The first-order valence-electron chi connectivity index (χ1n) is 4.41. The topological polar surface area (TPSA) is 90.4 Å². The summed E-state index contributed by atoms with van der Waals surface area (Å²) in [6, 6.07) is 5.87. The van der Waals surface area contributed by atoms with Crippen LogP contribution in [0.1, 0.15) is 10.4 Å². The van der Waals surface area contributed by atoms with Crippen LogP contribution in [0.25, 0.3) is 11.0 Å². The van der Waals surface area contributed by atoms with Gasteiger partial charge in [-0.3, -0.25) is 4.79 Å². The van der Waals surface area contributed by atoms with Crippen molar-refractivity contribution in [3.8, 4) is 0 Å². The first-order valence-corrected chi connectivity index (χ1v) is 6.30. The van der Waals surface area contributed by atoms with Gasteiger partial charge in [0.05, 0.1) is 0 Å². The van der Waals surface area contributed by atoms with E-state index in [0.717, 1.165) is 6.26 Å². The molecule has 16 heavy (non-hydrogen) atoms. The lowest BCUT2D eigenvalue weighted by molar-refractivity contribution is 0.100. The SMILES string of the molecule is CS(=O)(=O)c1cc2cc(C(N)=O)ccc2o1. The quantitative estimate of drug-likeness (QED) is 0.844. The molecule has 2 aromatic rings. The Morgan fingerprint density at radius 3 is 2.56 bits per heavy atom. The number of rotatable bonds is 2. The van der Waals surface area contributed by atoms with Crippen molar-refractivity contribution in [1.29, 1.82) is 0 Å². The molecule has 0 fully saturated rings. The Kier molecular flexibility index (Phi) is 2.23. The van der Waals surface area contributed by atoms with Crippen molar-refractivity contribution in [2.24, 2.45) is 5.73 Å². The highest BCUT2D eigenvalue weighted by molar-refractivity contribution is 7.90. The van der Waals surface area contributed by atoms with Crippen LogP contribution in [0.2, 0.25) is 0 Å². The number of hydrogen-bond acceptors (Lipinski definition) is 4. The molecule has 2 N–H and O–H groups in total. The number of sulfone groups is 1. The smallest absolute Gasteiger partial charge is 0.248 e. The molecular formula is C10H9NO4S. The van der Waals surface area contributed by atoms with Crippen LogP contribution in [0.5, 0.6) is 0 Å². The van der Waals surface area contributed by atoms with Gasteiger partial charge in [-0.15, -0.1) is 0 Å². The highest BCUT2D eigenvalue weighted by Gasteiger charge is 2.14. The third-order valence-corrected chi connectivity index (χ3v) is 3.08. The lowest BCUT2D eigenvalue weighted by atomic mass is 10.1. The summed E-state index contributed by atoms with van der Waals surface area (Å²) in [5, 5.41) is 0.417. The largest absolute Gasteiger partial charge is 0.445 e. The lowest BCUT2D eigenvalue weighted by Gasteiger charge is -1.93. The maximum Gasteiger partial charge on any atom is 0.248 e. The zero-order valence-corrected chi connectivity index (χ0v) is 9.24. The molecule has 6 heteroatoms. The van der Waals surface area contributed by atoms with E-state index in [9.17, 15) is 13.2 Å². The van der Waals surface area contributed by atoms with Crippen LogP contribution >= 0.6 is 0 Å². The maximum atomic E-state index is 11.2. The predicted molar refractivity (Wildman–Crippen MR) is 57.8 cm³/mol. The second kappa shape index (κ2) is 3.34. The number of fused-ring (bicyclic) bond motifs is 1. The van der Waals surface area contributed by atoms with E-state index in [-0.39, 0.29) is 5.09 Å². The summed E-state index contributed by atoms with van der Waals surface area (Å²) >= 11 is 0. The maximum absolute atomic E-state index is 11.2. The van der Waals surface area contributed by atoms with Gasteiger partial charge in [0.15, 0.2) is 0 Å². The fourth-order valence-electron chi connectivity index (χ4n) is 1.35. The van der Waals surface area contributed by atoms with Crippen LogP contribution in [-0.4, -0.2) is 20.6 Å². The van der Waals surface area contributed by atoms with Crippen LogP contribution in [-0.2, 0) is 9.84 Å². The Morgan fingerprint density at radius 2 is 2.00 bits per heavy atom. The Balaban J connectivity index is 2.68. The van der Waals surface area contributed by atoms with Crippen molar-refractivity contribution in [2.45, 2.75) is 5.09 Å². The summed E-state index contributed by atoms with van der Waals surface area (Å²) in [6.07, 6.45) is 1.06. The fourth-order valence-corrected chi connectivity index (χ4v) is 1.94. The van der Waals surface area contributed by atoms with Crippen molar-refractivity contribution < 1.29 is 17.6 Å². The first-order chi connectivity index (χ1) is 7.38. The van der Waals surface area contributed by atoms with E-state index in [1.54, 1.807) is 0 Å². The molecule has 1 aromatic heterocycles. The van der Waals surface area contributed by atoms with Gasteiger partial charge in [0.2, 0.25) is 20.8 Å². The van der Waals surface area contributed by atoms with Gasteiger partial charge in [0, 0.05) is 23.3 Å². The molecule has 0 saturated carbocycles. The summed E-state index contributed by atoms with van der Waals surface area (Å²) in [7, 11) is -3.38. The Labute approximate surface area is 91.8 Å². The monoisotopic (exact) mass is 239 g/mol. The van der Waals surface area contributed by atoms with Crippen LogP contribution in [0.4, 0.5) is 0 Å². The molecule has 0 spiro atoms. The minimum Gasteiger partial charge on any atom is -0.445 e. The van der Waals surface area contributed by atoms with Crippen LogP contribution in [0.15, 0.2) is 33.8 Å². The number of amides is 1. The average molecular weight is 239 g/mol. The molecule has 0 atom stereocenters. The van der Waals surface area contributed by atoms with Crippen LogP contribution in [0, 0.1) is 0 Å². The van der Waals surface area contributed by atoms with Gasteiger partial charge in [0.25, 0.3) is 0 Å². The fraction of sp³-hybridized carbons (Fsp3) is 0.100. The number of primary amides is 1. The second-order valence-electron chi connectivity index (χ2n) is 3.45. The normalized spacial score (nSPS) is 11.8. The molecule has 2 rings (SSSR count). The minimum atomic E-state index is -3.38. The molecule has 84 valence electrons. The van der Waals surface area contributed by atoms with E-state index < -0.39 is 15.7 Å². The van der Waals surface area contributed by atoms with Crippen molar-refractivity contribution in [2.75, 3.05) is 6.26 Å². The average Bonchev–Trinajstić information content (AvgIpc) is 2.58. The van der Waals surface area contributed by atoms with E-state index >= 15 is 0 Å². The van der Waals surface area contributed by atoms with Crippen molar-refractivity contribution in [3.05, 3.63) is 29.8 Å². The number of benzene rings is 1. The standard InChI is InChI=1S/C10H9NO4S/c1-16(13,14)9-5-7-4-6(10(11)12)2-3-8(7)15-9/h2-5H,1H3,(H2,11,12). The molecule has 1 aromatic carbocycles. The van der Waals surface area contributed by atoms with E-state index in [1.807, 2.05) is 0 Å². The molecular weight excluding hydrogens is 230 g/mol. The molecule has 1 amide bonds. The van der Waals surface area contributed by atoms with Crippen LogP contribution < -0.4 is 5.73 Å². The first kappa shape index (κ1) is 10.7. The third kappa shape index (κ3) is 1.79. The number of furan rings is 1. The van der Waals surface area contributed by atoms with Gasteiger partial charge in [-0.25, -0.2) is 8.42 Å². The summed E-state index contributed by atoms with van der Waals surface area (Å²) < 4.78 is 27.6. The van der Waals surface area contributed by atoms with Gasteiger partial charge >= 0.3 is 0 Å². The van der Waals surface area contributed by atoms with E-state index in [1.165, 1.54) is 24.3 Å². The molecule has 0 unspecified atom stereocenters. The molecule has 0 aliphatic heterocycles. The predicted octanol–water partition coefficient (Wildman–Crippen LogP) is 0.935. The number of carbonyl (C=O) groups excluding carboxylic acids is 1. The molecule has 0 bridgehead atoms. The summed E-state index contributed by atoms with van der Waals surface area (Å²) in [4.78, 5) is 10.9. The highest BCUT2D eigenvalue weighted by Crippen LogP contribution is 2.23. The summed E-state index contributed by atoms with van der Waals surface area (Å²) in [5.74, 6) is -0.566. The van der Waals surface area contributed by atoms with Crippen molar-refractivity contribution in [3.63, 3.8) is 0 Å². The Bertz CT molecular complexity index is 669. The van der Waals surface area contributed by atoms with E-state index in [4.69, 9.17) is 10.2 Å². The van der Waals surface area contributed by atoms with Crippen molar-refractivity contribution >= 4 is 26.7 Å². The third-order valence-electron chi connectivity index (χ3n) is 2.14. The Morgan fingerprint density at radius 1 is 1.31 bits per heavy atom. The summed E-state index contributed by atoms with van der Waals surface area (Å²) in [6.45, 7) is 0. The van der Waals surface area contributed by atoms with Crippen LogP contribution in [0.3, 0.4) is 0 Å². The highest BCUT2D eigenvalue weighted by atomic mass is 32.2. The summed E-state index contributed by atoms with van der Waals surface area (Å²) in [5.41, 5.74) is 5.83. The van der Waals surface area contributed by atoms with Crippen molar-refractivity contribution in [1.82, 2.24) is 0 Å². The van der Waals surface area contributed by atoms with Gasteiger partial charge in [-0.2, -0.15) is 0 Å². The molecule has 0 radical (unpaired) electrons. The zero-order chi connectivity index (χ0) is 11.9. The van der Waals surface area contributed by atoms with Gasteiger partial charge < -0.3 is 10.2 Å². The van der Waals surface area contributed by atoms with Gasteiger partial charge in [-0.1, -0.05) is 0 Å². The molecule has 1 heterocycles.